The second-order valence-corrected chi connectivity index (χ2v) is 3.61. The topological polar surface area (TPSA) is 61.2 Å². The molecule has 1 unspecified atom stereocenters. The molecule has 2 heterocycles. The molecule has 1 aliphatic heterocycles. The van der Waals surface area contributed by atoms with Gasteiger partial charge in [-0.15, -0.1) is 0 Å². The minimum Gasteiger partial charge on any atom is -0.469 e. The molecule has 5 nitrogen and oxygen atoms in total. The predicted molar refractivity (Wildman–Crippen MR) is 51.4 cm³/mol. The molecular weight excluding hydrogens is 196 g/mol. The summed E-state index contributed by atoms with van der Waals surface area (Å²) in [6.07, 6.45) is 3.78. The van der Waals surface area contributed by atoms with E-state index in [9.17, 15) is 9.59 Å². The number of nitrogens with zero attached hydrogens (tertiary/aromatic N) is 2. The Bertz CT molecular complexity index is 397. The summed E-state index contributed by atoms with van der Waals surface area (Å²) in [6.45, 7) is 0.558. The SMILES string of the molecule is COC(=O)C1CCc2c(C=O)ncn2C1. The van der Waals surface area contributed by atoms with Crippen molar-refractivity contribution < 1.29 is 14.3 Å². The standard InChI is InChI=1S/C10H12N2O3/c1-15-10(14)7-2-3-9-8(5-13)11-6-12(9)4-7/h5-7H,2-4H2,1H3. The van der Waals surface area contributed by atoms with Crippen LogP contribution < -0.4 is 0 Å². The van der Waals surface area contributed by atoms with Gasteiger partial charge in [-0.1, -0.05) is 0 Å². The first-order valence-corrected chi connectivity index (χ1v) is 4.83. The smallest absolute Gasteiger partial charge is 0.310 e. The Morgan fingerprint density at radius 1 is 1.73 bits per heavy atom. The Balaban J connectivity index is 2.21. The molecular formula is C10H12N2O3. The molecule has 1 aliphatic rings. The van der Waals surface area contributed by atoms with E-state index in [2.05, 4.69) is 4.98 Å². The van der Waals surface area contributed by atoms with Crippen LogP contribution in [0.5, 0.6) is 0 Å². The third kappa shape index (κ3) is 1.65. The lowest BCUT2D eigenvalue weighted by Gasteiger charge is -2.22. The van der Waals surface area contributed by atoms with Crippen LogP contribution in [0.25, 0.3) is 0 Å². The first kappa shape index (κ1) is 9.89. The van der Waals surface area contributed by atoms with Gasteiger partial charge in [0.2, 0.25) is 0 Å². The summed E-state index contributed by atoms with van der Waals surface area (Å²) >= 11 is 0. The van der Waals surface area contributed by atoms with Crippen molar-refractivity contribution in [2.75, 3.05) is 7.11 Å². The Labute approximate surface area is 87.1 Å². The van der Waals surface area contributed by atoms with Crippen LogP contribution in [0.15, 0.2) is 6.33 Å². The summed E-state index contributed by atoms with van der Waals surface area (Å²) in [5, 5.41) is 0. The van der Waals surface area contributed by atoms with Gasteiger partial charge in [0, 0.05) is 12.2 Å². The van der Waals surface area contributed by atoms with Crippen molar-refractivity contribution in [3.05, 3.63) is 17.7 Å². The second-order valence-electron chi connectivity index (χ2n) is 3.61. The molecule has 1 aromatic rings. The summed E-state index contributed by atoms with van der Waals surface area (Å²) in [6, 6.07) is 0. The third-order valence-electron chi connectivity index (χ3n) is 2.77. The Hall–Kier alpha value is -1.65. The quantitative estimate of drug-likeness (QED) is 0.522. The number of hydrogen-bond donors (Lipinski definition) is 0. The number of fused-ring (bicyclic) bond motifs is 1. The van der Waals surface area contributed by atoms with Crippen molar-refractivity contribution in [2.24, 2.45) is 5.92 Å². The molecule has 0 aromatic carbocycles. The van der Waals surface area contributed by atoms with Crippen LogP contribution in [0, 0.1) is 5.92 Å². The summed E-state index contributed by atoms with van der Waals surface area (Å²) in [5.74, 6) is -0.307. The maximum atomic E-state index is 11.3. The molecule has 2 rings (SSSR count). The van der Waals surface area contributed by atoms with Gasteiger partial charge in [0.25, 0.3) is 0 Å². The lowest BCUT2D eigenvalue weighted by atomic mass is 9.97. The summed E-state index contributed by atoms with van der Waals surface area (Å²) in [7, 11) is 1.39. The van der Waals surface area contributed by atoms with E-state index in [1.807, 2.05) is 4.57 Å². The molecule has 15 heavy (non-hydrogen) atoms. The number of esters is 1. The molecule has 0 N–H and O–H groups in total. The normalized spacial score (nSPS) is 19.4. The largest absolute Gasteiger partial charge is 0.469 e. The van der Waals surface area contributed by atoms with E-state index in [0.29, 0.717) is 18.7 Å². The van der Waals surface area contributed by atoms with Crippen LogP contribution in [0.2, 0.25) is 0 Å². The zero-order chi connectivity index (χ0) is 10.8. The lowest BCUT2D eigenvalue weighted by Crippen LogP contribution is -2.27. The van der Waals surface area contributed by atoms with E-state index >= 15 is 0 Å². The molecule has 0 spiro atoms. The van der Waals surface area contributed by atoms with Gasteiger partial charge in [-0.3, -0.25) is 9.59 Å². The molecule has 80 valence electrons. The number of carbonyl (C=O) groups is 2. The molecule has 5 heteroatoms. The first-order valence-electron chi connectivity index (χ1n) is 4.83. The fourth-order valence-electron chi connectivity index (χ4n) is 1.95. The Morgan fingerprint density at radius 3 is 3.20 bits per heavy atom. The van der Waals surface area contributed by atoms with E-state index in [4.69, 9.17) is 4.74 Å². The van der Waals surface area contributed by atoms with E-state index in [1.165, 1.54) is 7.11 Å². The van der Waals surface area contributed by atoms with Crippen LogP contribution >= 0.6 is 0 Å². The van der Waals surface area contributed by atoms with Crippen LogP contribution in [0.3, 0.4) is 0 Å². The van der Waals surface area contributed by atoms with Crippen molar-refractivity contribution in [1.29, 1.82) is 0 Å². The van der Waals surface area contributed by atoms with E-state index < -0.39 is 0 Å². The Morgan fingerprint density at radius 2 is 2.53 bits per heavy atom. The van der Waals surface area contributed by atoms with E-state index in [1.54, 1.807) is 6.33 Å². The van der Waals surface area contributed by atoms with Gasteiger partial charge < -0.3 is 9.30 Å². The van der Waals surface area contributed by atoms with Crippen molar-refractivity contribution in [2.45, 2.75) is 19.4 Å². The number of aromatic nitrogens is 2. The van der Waals surface area contributed by atoms with Gasteiger partial charge in [-0.25, -0.2) is 4.98 Å². The molecule has 0 bridgehead atoms. The maximum Gasteiger partial charge on any atom is 0.310 e. The molecule has 1 atom stereocenters. The highest BCUT2D eigenvalue weighted by Gasteiger charge is 2.26. The second kappa shape index (κ2) is 3.84. The number of ether oxygens (including phenoxy) is 1. The fourth-order valence-corrected chi connectivity index (χ4v) is 1.95. The van der Waals surface area contributed by atoms with Gasteiger partial charge in [-0.2, -0.15) is 0 Å². The monoisotopic (exact) mass is 208 g/mol. The van der Waals surface area contributed by atoms with Gasteiger partial charge in [0.15, 0.2) is 6.29 Å². The number of hydrogen-bond acceptors (Lipinski definition) is 4. The summed E-state index contributed by atoms with van der Waals surface area (Å²) in [4.78, 5) is 25.9. The third-order valence-corrected chi connectivity index (χ3v) is 2.77. The minimum atomic E-state index is -0.193. The minimum absolute atomic E-state index is 0.115. The molecule has 0 aliphatic carbocycles. The van der Waals surface area contributed by atoms with Crippen LogP contribution in [-0.2, 0) is 22.5 Å². The van der Waals surface area contributed by atoms with Gasteiger partial charge in [-0.05, 0) is 12.8 Å². The van der Waals surface area contributed by atoms with Gasteiger partial charge in [0.05, 0.1) is 19.4 Å². The fraction of sp³-hybridized carbons (Fsp3) is 0.500. The average molecular weight is 208 g/mol. The molecule has 0 radical (unpaired) electrons. The van der Waals surface area contributed by atoms with Crippen molar-refractivity contribution in [3.63, 3.8) is 0 Å². The molecule has 0 saturated carbocycles. The van der Waals surface area contributed by atoms with Gasteiger partial charge in [0.1, 0.15) is 5.69 Å². The number of aldehydes is 1. The van der Waals surface area contributed by atoms with Crippen LogP contribution in [0.1, 0.15) is 22.6 Å². The van der Waals surface area contributed by atoms with E-state index in [-0.39, 0.29) is 11.9 Å². The van der Waals surface area contributed by atoms with Crippen molar-refractivity contribution in [1.82, 2.24) is 9.55 Å². The average Bonchev–Trinajstić information content (AvgIpc) is 2.69. The number of imidazole rings is 1. The Kier molecular flexibility index (Phi) is 2.53. The number of methoxy groups -OCH3 is 1. The van der Waals surface area contributed by atoms with E-state index in [0.717, 1.165) is 18.4 Å². The highest BCUT2D eigenvalue weighted by atomic mass is 16.5. The predicted octanol–water partition coefficient (Wildman–Crippen LogP) is 0.431. The molecule has 0 amide bonds. The van der Waals surface area contributed by atoms with Crippen molar-refractivity contribution in [3.8, 4) is 0 Å². The molecule has 0 fully saturated rings. The highest BCUT2D eigenvalue weighted by Crippen LogP contribution is 2.22. The maximum absolute atomic E-state index is 11.3. The van der Waals surface area contributed by atoms with Crippen LogP contribution in [-0.4, -0.2) is 28.9 Å². The lowest BCUT2D eigenvalue weighted by molar-refractivity contribution is -0.146. The molecule has 1 aromatic heterocycles. The first-order chi connectivity index (χ1) is 7.26. The summed E-state index contributed by atoms with van der Waals surface area (Å²) in [5.41, 5.74) is 1.41. The van der Waals surface area contributed by atoms with Crippen molar-refractivity contribution >= 4 is 12.3 Å². The highest BCUT2D eigenvalue weighted by molar-refractivity contribution is 5.75. The van der Waals surface area contributed by atoms with Crippen LogP contribution in [0.4, 0.5) is 0 Å². The molecule has 0 saturated heterocycles. The van der Waals surface area contributed by atoms with Gasteiger partial charge >= 0.3 is 5.97 Å². The zero-order valence-corrected chi connectivity index (χ0v) is 8.47. The number of carbonyl (C=O) groups excluding carboxylic acids is 2. The zero-order valence-electron chi connectivity index (χ0n) is 8.47. The summed E-state index contributed by atoms with van der Waals surface area (Å²) < 4.78 is 6.55. The number of rotatable bonds is 2.